The number of H-pyrrole nitrogens is 1. The van der Waals surface area contributed by atoms with E-state index in [4.69, 9.17) is 5.73 Å². The van der Waals surface area contributed by atoms with Crippen LogP contribution in [0.15, 0.2) is 33.6 Å². The molecule has 108 valence electrons. The molecule has 1 aromatic carbocycles. The molecule has 0 fully saturated rings. The topological polar surface area (TPSA) is 101 Å². The average molecular weight is 359 g/mol. The molecule has 0 atom stereocenters. The Morgan fingerprint density at radius 3 is 2.65 bits per heavy atom. The smallest absolute Gasteiger partial charge is 0.265 e. The summed E-state index contributed by atoms with van der Waals surface area (Å²) in [5.41, 5.74) is 6.75. The van der Waals surface area contributed by atoms with Crippen LogP contribution in [0.3, 0.4) is 0 Å². The molecule has 2 rings (SSSR count). The van der Waals surface area contributed by atoms with Gasteiger partial charge in [0, 0.05) is 16.2 Å². The first-order valence-corrected chi connectivity index (χ1v) is 8.20. The number of nitrogen functional groups attached to an aromatic ring is 1. The van der Waals surface area contributed by atoms with E-state index in [2.05, 4.69) is 30.8 Å². The summed E-state index contributed by atoms with van der Waals surface area (Å²) in [6, 6.07) is 6.33. The predicted molar refractivity (Wildman–Crippen MR) is 82.0 cm³/mol. The Kier molecular flexibility index (Phi) is 4.05. The number of benzene rings is 1. The molecule has 20 heavy (non-hydrogen) atoms. The number of nitrogens with zero attached hydrogens (tertiary/aromatic N) is 1. The van der Waals surface area contributed by atoms with Crippen LogP contribution in [0.5, 0.6) is 0 Å². The molecule has 0 radical (unpaired) electrons. The zero-order valence-electron chi connectivity index (χ0n) is 11.0. The number of hydrogen-bond acceptors (Lipinski definition) is 4. The quantitative estimate of drug-likeness (QED) is 0.731. The van der Waals surface area contributed by atoms with Crippen molar-refractivity contribution in [1.29, 1.82) is 0 Å². The van der Waals surface area contributed by atoms with Gasteiger partial charge >= 0.3 is 0 Å². The Morgan fingerprint density at radius 2 is 2.05 bits per heavy atom. The molecule has 8 heteroatoms. The van der Waals surface area contributed by atoms with Gasteiger partial charge < -0.3 is 5.73 Å². The Balaban J connectivity index is 2.33. The van der Waals surface area contributed by atoms with E-state index in [1.165, 1.54) is 12.1 Å². The Labute approximate surface area is 125 Å². The van der Waals surface area contributed by atoms with Crippen LogP contribution in [-0.4, -0.2) is 18.6 Å². The third kappa shape index (κ3) is 3.13. The van der Waals surface area contributed by atoms with Crippen molar-refractivity contribution in [3.63, 3.8) is 0 Å². The van der Waals surface area contributed by atoms with E-state index in [1.54, 1.807) is 12.1 Å². The Bertz CT molecular complexity index is 725. The highest BCUT2D eigenvalue weighted by Crippen LogP contribution is 2.25. The molecule has 0 unspecified atom stereocenters. The number of nitrogens with two attached hydrogens (primary N) is 1. The van der Waals surface area contributed by atoms with Gasteiger partial charge in [-0.1, -0.05) is 29.8 Å². The van der Waals surface area contributed by atoms with Crippen LogP contribution >= 0.6 is 15.9 Å². The van der Waals surface area contributed by atoms with E-state index in [0.29, 0.717) is 4.47 Å². The monoisotopic (exact) mass is 358 g/mol. The van der Waals surface area contributed by atoms with Gasteiger partial charge in [-0.25, -0.2) is 8.42 Å². The highest BCUT2D eigenvalue weighted by atomic mass is 79.9. The number of sulfonamides is 1. The summed E-state index contributed by atoms with van der Waals surface area (Å²) in [6.07, 6.45) is 0. The van der Waals surface area contributed by atoms with Gasteiger partial charge in [-0.15, -0.1) is 0 Å². The number of aromatic nitrogens is 2. The lowest BCUT2D eigenvalue weighted by atomic mass is 10.1. The van der Waals surface area contributed by atoms with E-state index < -0.39 is 10.0 Å². The van der Waals surface area contributed by atoms with Crippen LogP contribution in [0.25, 0.3) is 0 Å². The lowest BCUT2D eigenvalue weighted by Crippen LogP contribution is -2.15. The molecular weight excluding hydrogens is 344 g/mol. The molecule has 1 aromatic heterocycles. The van der Waals surface area contributed by atoms with Crippen molar-refractivity contribution in [3.05, 3.63) is 34.4 Å². The number of rotatable bonds is 4. The van der Waals surface area contributed by atoms with Crippen LogP contribution in [0.1, 0.15) is 25.5 Å². The third-order valence-electron chi connectivity index (χ3n) is 2.72. The van der Waals surface area contributed by atoms with Gasteiger partial charge in [0.05, 0.1) is 5.69 Å². The van der Waals surface area contributed by atoms with Gasteiger partial charge in [-0.3, -0.25) is 9.82 Å². The molecule has 0 saturated heterocycles. The fraction of sp³-hybridized carbons (Fsp3) is 0.250. The first-order chi connectivity index (χ1) is 9.29. The van der Waals surface area contributed by atoms with Crippen molar-refractivity contribution in [2.24, 2.45) is 0 Å². The average Bonchev–Trinajstić information content (AvgIpc) is 2.80. The maximum Gasteiger partial charge on any atom is 0.265 e. The fourth-order valence-corrected chi connectivity index (χ4v) is 3.28. The third-order valence-corrected chi connectivity index (χ3v) is 4.63. The van der Waals surface area contributed by atoms with Crippen LogP contribution in [0.2, 0.25) is 0 Å². The second-order valence-electron chi connectivity index (χ2n) is 4.65. The van der Waals surface area contributed by atoms with Crippen molar-refractivity contribution in [1.82, 2.24) is 10.2 Å². The molecule has 0 spiro atoms. The second-order valence-corrected chi connectivity index (χ2v) is 7.22. The summed E-state index contributed by atoms with van der Waals surface area (Å²) in [7, 11) is -3.77. The van der Waals surface area contributed by atoms with Gasteiger partial charge in [0.1, 0.15) is 4.90 Å². The summed E-state index contributed by atoms with van der Waals surface area (Å²) < 4.78 is 27.6. The highest BCUT2D eigenvalue weighted by Gasteiger charge is 2.19. The molecule has 0 aliphatic rings. The lowest BCUT2D eigenvalue weighted by molar-refractivity contribution is 0.601. The van der Waals surface area contributed by atoms with Crippen molar-refractivity contribution in [3.8, 4) is 0 Å². The van der Waals surface area contributed by atoms with Crippen molar-refractivity contribution in [2.75, 3.05) is 10.5 Å². The summed E-state index contributed by atoms with van der Waals surface area (Å²) in [5, 5.41) is 6.72. The molecule has 1 heterocycles. The van der Waals surface area contributed by atoms with E-state index in [0.717, 1.165) is 5.69 Å². The summed E-state index contributed by atoms with van der Waals surface area (Å²) >= 11 is 3.23. The lowest BCUT2D eigenvalue weighted by Gasteiger charge is -2.08. The summed E-state index contributed by atoms with van der Waals surface area (Å²) in [5.74, 6) is 0.477. The molecule has 4 N–H and O–H groups in total. The molecule has 0 saturated carbocycles. The van der Waals surface area contributed by atoms with Crippen molar-refractivity contribution < 1.29 is 8.42 Å². The maximum absolute atomic E-state index is 12.3. The molecule has 6 nitrogen and oxygen atoms in total. The van der Waals surface area contributed by atoms with Crippen LogP contribution < -0.4 is 10.5 Å². The minimum absolute atomic E-state index is 0.0148. The van der Waals surface area contributed by atoms with Crippen LogP contribution in [0, 0.1) is 0 Å². The molecular formula is C12H15BrN4O2S. The number of aromatic amines is 1. The zero-order chi connectivity index (χ0) is 14.9. The molecule has 0 aliphatic heterocycles. The van der Waals surface area contributed by atoms with Gasteiger partial charge in [-0.2, -0.15) is 5.10 Å². The standard InChI is InChI=1S/C12H15BrN4O2S/c1-7(2)10-6-12(16-15-10)17-20(18,19)11-5-8(13)3-4-9(11)14/h3-7H,14H2,1-2H3,(H2,15,16,17). The Morgan fingerprint density at radius 1 is 1.35 bits per heavy atom. The molecule has 0 bridgehead atoms. The second kappa shape index (κ2) is 5.45. The number of anilines is 2. The van der Waals surface area contributed by atoms with Crippen LogP contribution in [0.4, 0.5) is 11.5 Å². The van der Waals surface area contributed by atoms with E-state index in [-0.39, 0.29) is 22.3 Å². The van der Waals surface area contributed by atoms with E-state index in [9.17, 15) is 8.42 Å². The molecule has 0 amide bonds. The van der Waals surface area contributed by atoms with Gasteiger partial charge in [-0.05, 0) is 24.1 Å². The largest absolute Gasteiger partial charge is 0.398 e. The maximum atomic E-state index is 12.3. The minimum Gasteiger partial charge on any atom is -0.398 e. The van der Waals surface area contributed by atoms with E-state index >= 15 is 0 Å². The molecule has 2 aromatic rings. The van der Waals surface area contributed by atoms with Gasteiger partial charge in [0.15, 0.2) is 5.82 Å². The number of hydrogen-bond donors (Lipinski definition) is 3. The van der Waals surface area contributed by atoms with E-state index in [1.807, 2.05) is 13.8 Å². The zero-order valence-corrected chi connectivity index (χ0v) is 13.4. The van der Waals surface area contributed by atoms with Crippen LogP contribution in [-0.2, 0) is 10.0 Å². The summed E-state index contributed by atoms with van der Waals surface area (Å²) in [6.45, 7) is 3.97. The predicted octanol–water partition coefficient (Wildman–Crippen LogP) is 2.68. The summed E-state index contributed by atoms with van der Waals surface area (Å²) in [4.78, 5) is 0.0148. The van der Waals surface area contributed by atoms with Crippen molar-refractivity contribution in [2.45, 2.75) is 24.7 Å². The SMILES string of the molecule is CC(C)c1cc(NS(=O)(=O)c2cc(Br)ccc2N)n[nH]1. The minimum atomic E-state index is -3.77. The van der Waals surface area contributed by atoms with Crippen molar-refractivity contribution >= 4 is 37.5 Å². The first kappa shape index (κ1) is 14.9. The first-order valence-electron chi connectivity index (χ1n) is 5.93. The fourth-order valence-electron chi connectivity index (χ4n) is 1.62. The highest BCUT2D eigenvalue weighted by molar-refractivity contribution is 9.10. The Hall–Kier alpha value is -1.54. The molecule has 0 aliphatic carbocycles. The van der Waals surface area contributed by atoms with Gasteiger partial charge in [0.2, 0.25) is 0 Å². The normalized spacial score (nSPS) is 11.8. The van der Waals surface area contributed by atoms with Gasteiger partial charge in [0.25, 0.3) is 10.0 Å². The number of nitrogens with one attached hydrogen (secondary N) is 2. The number of halogens is 1.